The van der Waals surface area contributed by atoms with Crippen molar-refractivity contribution in [1.82, 2.24) is 10.3 Å². The number of hydrogen-bond donors (Lipinski definition) is 2. The second-order valence-corrected chi connectivity index (χ2v) is 6.76. The Labute approximate surface area is 144 Å². The third-order valence-corrected chi connectivity index (χ3v) is 5.11. The first-order valence-electron chi connectivity index (χ1n) is 8.09. The highest BCUT2D eigenvalue weighted by Gasteiger charge is 2.19. The van der Waals surface area contributed by atoms with Gasteiger partial charge >= 0.3 is 0 Å². The molecule has 126 valence electrons. The van der Waals surface area contributed by atoms with Crippen LogP contribution >= 0.6 is 11.3 Å². The quantitative estimate of drug-likeness (QED) is 0.735. The van der Waals surface area contributed by atoms with Crippen molar-refractivity contribution in [2.45, 2.75) is 33.2 Å². The standard InChI is InChI=1S/C18H21N3O2S/c1-4-10(3)20-17(22)16-15(19)13-9-11-8-12(23-5-2)6-7-14(11)21-18(13)24-16/h6-10H,4-5,19H2,1-3H3,(H,20,22)/t10-/m1/s1. The molecule has 6 heteroatoms. The molecule has 0 fully saturated rings. The highest BCUT2D eigenvalue weighted by atomic mass is 32.1. The first kappa shape index (κ1) is 16.5. The average molecular weight is 343 g/mol. The number of aromatic nitrogens is 1. The van der Waals surface area contributed by atoms with Crippen molar-refractivity contribution in [3.63, 3.8) is 0 Å². The Morgan fingerprint density at radius 3 is 2.88 bits per heavy atom. The number of thiophene rings is 1. The molecule has 0 saturated heterocycles. The molecule has 5 nitrogen and oxygen atoms in total. The maximum atomic E-state index is 12.4. The lowest BCUT2D eigenvalue weighted by molar-refractivity contribution is 0.0944. The van der Waals surface area contributed by atoms with Gasteiger partial charge in [-0.1, -0.05) is 6.92 Å². The Bertz CT molecular complexity index is 904. The van der Waals surface area contributed by atoms with Crippen LogP contribution in [0.3, 0.4) is 0 Å². The summed E-state index contributed by atoms with van der Waals surface area (Å²) in [6, 6.07) is 7.86. The van der Waals surface area contributed by atoms with Gasteiger partial charge in [-0.2, -0.15) is 0 Å². The number of carbonyl (C=O) groups is 1. The molecule has 3 N–H and O–H groups in total. The number of nitrogens with two attached hydrogens (primary N) is 1. The monoisotopic (exact) mass is 343 g/mol. The van der Waals surface area contributed by atoms with Gasteiger partial charge in [0.15, 0.2) is 0 Å². The van der Waals surface area contributed by atoms with Gasteiger partial charge in [-0.05, 0) is 44.5 Å². The van der Waals surface area contributed by atoms with Gasteiger partial charge < -0.3 is 15.8 Å². The topological polar surface area (TPSA) is 77.2 Å². The Morgan fingerprint density at radius 2 is 2.17 bits per heavy atom. The molecule has 0 aliphatic heterocycles. The molecule has 0 saturated carbocycles. The first-order chi connectivity index (χ1) is 11.5. The second-order valence-electron chi connectivity index (χ2n) is 5.76. The number of anilines is 1. The van der Waals surface area contributed by atoms with Gasteiger partial charge in [0.1, 0.15) is 15.5 Å². The van der Waals surface area contributed by atoms with Crippen LogP contribution in [0.15, 0.2) is 24.3 Å². The minimum Gasteiger partial charge on any atom is -0.494 e. The van der Waals surface area contributed by atoms with Crippen LogP contribution in [-0.2, 0) is 0 Å². The summed E-state index contributed by atoms with van der Waals surface area (Å²) in [5.74, 6) is 0.665. The summed E-state index contributed by atoms with van der Waals surface area (Å²) in [6.45, 7) is 6.57. The molecule has 0 bridgehead atoms. The largest absolute Gasteiger partial charge is 0.494 e. The van der Waals surface area contributed by atoms with Crippen molar-refractivity contribution in [2.24, 2.45) is 0 Å². The molecule has 1 amide bonds. The van der Waals surface area contributed by atoms with E-state index in [9.17, 15) is 4.79 Å². The van der Waals surface area contributed by atoms with Crippen molar-refractivity contribution in [2.75, 3.05) is 12.3 Å². The van der Waals surface area contributed by atoms with Crippen LogP contribution in [0.4, 0.5) is 5.69 Å². The molecule has 3 rings (SSSR count). The smallest absolute Gasteiger partial charge is 0.263 e. The van der Waals surface area contributed by atoms with E-state index in [4.69, 9.17) is 10.5 Å². The summed E-state index contributed by atoms with van der Waals surface area (Å²) in [7, 11) is 0. The van der Waals surface area contributed by atoms with Gasteiger partial charge in [0.25, 0.3) is 5.91 Å². The van der Waals surface area contributed by atoms with E-state index in [1.54, 1.807) is 0 Å². The Morgan fingerprint density at radius 1 is 1.38 bits per heavy atom. The zero-order valence-electron chi connectivity index (χ0n) is 14.1. The molecular weight excluding hydrogens is 322 g/mol. The molecule has 1 aromatic carbocycles. The average Bonchev–Trinajstić information content (AvgIpc) is 2.89. The molecule has 0 spiro atoms. The number of pyridine rings is 1. The first-order valence-corrected chi connectivity index (χ1v) is 8.91. The number of nitrogens with zero attached hydrogens (tertiary/aromatic N) is 1. The SMILES string of the molecule is CCOc1ccc2nc3sc(C(=O)N[C@H](C)CC)c(N)c3cc2c1. The number of benzene rings is 1. The Hall–Kier alpha value is -2.34. The number of fused-ring (bicyclic) bond motifs is 2. The zero-order chi connectivity index (χ0) is 17.3. The minimum absolute atomic E-state index is 0.114. The third-order valence-electron chi connectivity index (χ3n) is 3.99. The van der Waals surface area contributed by atoms with Crippen LogP contribution in [-0.4, -0.2) is 23.5 Å². The summed E-state index contributed by atoms with van der Waals surface area (Å²) >= 11 is 1.33. The van der Waals surface area contributed by atoms with Gasteiger partial charge in [0.05, 0.1) is 17.8 Å². The Kier molecular flexibility index (Phi) is 4.57. The molecular formula is C18H21N3O2S. The van der Waals surface area contributed by atoms with Crippen molar-refractivity contribution >= 4 is 44.1 Å². The van der Waals surface area contributed by atoms with E-state index in [1.807, 2.05) is 45.0 Å². The summed E-state index contributed by atoms with van der Waals surface area (Å²) in [4.78, 5) is 18.4. The summed E-state index contributed by atoms with van der Waals surface area (Å²) in [5.41, 5.74) is 7.58. The lowest BCUT2D eigenvalue weighted by Gasteiger charge is -2.10. The number of ether oxygens (including phenoxy) is 1. The molecule has 1 atom stereocenters. The van der Waals surface area contributed by atoms with Crippen LogP contribution in [0, 0.1) is 0 Å². The maximum absolute atomic E-state index is 12.4. The van der Waals surface area contributed by atoms with Crippen LogP contribution in [0.5, 0.6) is 5.75 Å². The normalized spacial score (nSPS) is 12.5. The van der Waals surface area contributed by atoms with Crippen LogP contribution in [0.1, 0.15) is 36.9 Å². The van der Waals surface area contributed by atoms with E-state index in [0.717, 1.165) is 33.3 Å². The Balaban J connectivity index is 2.06. The molecule has 0 aliphatic rings. The van der Waals surface area contributed by atoms with Gasteiger partial charge in [-0.25, -0.2) is 4.98 Å². The lowest BCUT2D eigenvalue weighted by atomic mass is 10.1. The fourth-order valence-electron chi connectivity index (χ4n) is 2.50. The number of nitrogen functional groups attached to an aromatic ring is 1. The predicted octanol–water partition coefficient (Wildman–Crippen LogP) is 3.96. The molecule has 3 aromatic rings. The number of amides is 1. The van der Waals surface area contributed by atoms with Gasteiger partial charge in [0, 0.05) is 16.8 Å². The fourth-order valence-corrected chi connectivity index (χ4v) is 3.49. The van der Waals surface area contributed by atoms with Crippen LogP contribution < -0.4 is 15.8 Å². The predicted molar refractivity (Wildman–Crippen MR) is 99.9 cm³/mol. The van der Waals surface area contributed by atoms with E-state index in [0.29, 0.717) is 17.2 Å². The van der Waals surface area contributed by atoms with Crippen molar-refractivity contribution in [1.29, 1.82) is 0 Å². The molecule has 2 heterocycles. The fraction of sp³-hybridized carbons (Fsp3) is 0.333. The minimum atomic E-state index is -0.135. The lowest BCUT2D eigenvalue weighted by Crippen LogP contribution is -2.31. The van der Waals surface area contributed by atoms with Crippen LogP contribution in [0.25, 0.3) is 21.1 Å². The number of hydrogen-bond acceptors (Lipinski definition) is 5. The molecule has 0 aliphatic carbocycles. The zero-order valence-corrected chi connectivity index (χ0v) is 14.9. The van der Waals surface area contributed by atoms with Crippen molar-refractivity contribution < 1.29 is 9.53 Å². The molecule has 2 aromatic heterocycles. The van der Waals surface area contributed by atoms with E-state index in [2.05, 4.69) is 10.3 Å². The number of nitrogens with one attached hydrogen (secondary N) is 1. The summed E-state index contributed by atoms with van der Waals surface area (Å²) < 4.78 is 5.54. The third kappa shape index (κ3) is 3.01. The van der Waals surface area contributed by atoms with E-state index >= 15 is 0 Å². The summed E-state index contributed by atoms with van der Waals surface area (Å²) in [5, 5.41) is 4.72. The number of carbonyl (C=O) groups excluding carboxylic acids is 1. The summed E-state index contributed by atoms with van der Waals surface area (Å²) in [6.07, 6.45) is 0.874. The molecule has 0 radical (unpaired) electrons. The van der Waals surface area contributed by atoms with E-state index < -0.39 is 0 Å². The van der Waals surface area contributed by atoms with E-state index in [1.165, 1.54) is 11.3 Å². The highest BCUT2D eigenvalue weighted by molar-refractivity contribution is 7.21. The van der Waals surface area contributed by atoms with Crippen molar-refractivity contribution in [3.8, 4) is 5.75 Å². The van der Waals surface area contributed by atoms with Gasteiger partial charge in [-0.15, -0.1) is 11.3 Å². The second kappa shape index (κ2) is 6.65. The molecule has 0 unspecified atom stereocenters. The highest BCUT2D eigenvalue weighted by Crippen LogP contribution is 2.35. The molecule has 24 heavy (non-hydrogen) atoms. The van der Waals surface area contributed by atoms with Crippen LogP contribution in [0.2, 0.25) is 0 Å². The number of rotatable bonds is 5. The maximum Gasteiger partial charge on any atom is 0.263 e. The van der Waals surface area contributed by atoms with Crippen molar-refractivity contribution in [3.05, 3.63) is 29.1 Å². The van der Waals surface area contributed by atoms with Gasteiger partial charge in [-0.3, -0.25) is 4.79 Å². The van der Waals surface area contributed by atoms with E-state index in [-0.39, 0.29) is 11.9 Å². The van der Waals surface area contributed by atoms with Gasteiger partial charge in [0.2, 0.25) is 0 Å².